The molecule has 0 bridgehead atoms. The Morgan fingerprint density at radius 3 is 2.83 bits per heavy atom. The summed E-state index contributed by atoms with van der Waals surface area (Å²) >= 11 is 1.56. The van der Waals surface area contributed by atoms with Crippen molar-refractivity contribution in [2.75, 3.05) is 12.4 Å². The second-order valence-electron chi connectivity index (χ2n) is 6.24. The predicted octanol–water partition coefficient (Wildman–Crippen LogP) is 3.93. The highest BCUT2D eigenvalue weighted by atomic mass is 32.1. The minimum Gasteiger partial charge on any atom is -0.497 e. The van der Waals surface area contributed by atoms with Gasteiger partial charge >= 0.3 is 0 Å². The van der Waals surface area contributed by atoms with Crippen LogP contribution in [0.2, 0.25) is 0 Å². The zero-order valence-corrected chi connectivity index (χ0v) is 14.7. The molecule has 2 aromatic rings. The third-order valence-corrected chi connectivity index (χ3v) is 5.57. The maximum Gasteiger partial charge on any atom is 0.229 e. The van der Waals surface area contributed by atoms with E-state index in [1.54, 1.807) is 18.4 Å². The van der Waals surface area contributed by atoms with Gasteiger partial charge in [-0.05, 0) is 48.4 Å². The maximum absolute atomic E-state index is 12.3. The van der Waals surface area contributed by atoms with Crippen molar-refractivity contribution in [3.05, 3.63) is 45.8 Å². The van der Waals surface area contributed by atoms with Crippen LogP contribution < -0.4 is 10.1 Å². The lowest BCUT2D eigenvalue weighted by atomic mass is 9.88. The summed E-state index contributed by atoms with van der Waals surface area (Å²) in [6.45, 7) is 2.23. The SMILES string of the molecule is COc1ccc(CC(=O)Nc2sc3c(c2C#N)CC[C@H](C)C3)cc1. The molecule has 0 radical (unpaired) electrons. The highest BCUT2D eigenvalue weighted by Crippen LogP contribution is 2.39. The van der Waals surface area contributed by atoms with Gasteiger partial charge in [-0.25, -0.2) is 0 Å². The molecular weight excluding hydrogens is 320 g/mol. The molecule has 4 nitrogen and oxygen atoms in total. The number of amides is 1. The highest BCUT2D eigenvalue weighted by molar-refractivity contribution is 7.16. The van der Waals surface area contributed by atoms with Gasteiger partial charge in [-0.3, -0.25) is 4.79 Å². The van der Waals surface area contributed by atoms with Gasteiger partial charge in [0.05, 0.1) is 19.1 Å². The van der Waals surface area contributed by atoms with Gasteiger partial charge in [0.2, 0.25) is 5.91 Å². The number of hydrogen-bond acceptors (Lipinski definition) is 4. The van der Waals surface area contributed by atoms with Crippen LogP contribution in [0.3, 0.4) is 0 Å². The first-order valence-electron chi connectivity index (χ1n) is 8.08. The highest BCUT2D eigenvalue weighted by Gasteiger charge is 2.24. The first-order valence-corrected chi connectivity index (χ1v) is 8.89. The van der Waals surface area contributed by atoms with Crippen molar-refractivity contribution in [3.8, 4) is 11.8 Å². The molecule has 1 amide bonds. The monoisotopic (exact) mass is 340 g/mol. The van der Waals surface area contributed by atoms with Crippen molar-refractivity contribution in [1.82, 2.24) is 0 Å². The largest absolute Gasteiger partial charge is 0.497 e. The zero-order valence-electron chi connectivity index (χ0n) is 13.9. The van der Waals surface area contributed by atoms with E-state index in [2.05, 4.69) is 18.3 Å². The van der Waals surface area contributed by atoms with Gasteiger partial charge in [-0.1, -0.05) is 19.1 Å². The van der Waals surface area contributed by atoms with E-state index in [1.165, 1.54) is 4.88 Å². The number of benzene rings is 1. The molecule has 124 valence electrons. The number of hydrogen-bond donors (Lipinski definition) is 1. The van der Waals surface area contributed by atoms with E-state index >= 15 is 0 Å². The van der Waals surface area contributed by atoms with Gasteiger partial charge in [-0.15, -0.1) is 11.3 Å². The molecular formula is C19H20N2O2S. The van der Waals surface area contributed by atoms with E-state index in [9.17, 15) is 10.1 Å². The van der Waals surface area contributed by atoms with Crippen LogP contribution in [0.1, 0.15) is 34.9 Å². The van der Waals surface area contributed by atoms with Crippen LogP contribution in [0.4, 0.5) is 5.00 Å². The van der Waals surface area contributed by atoms with E-state index < -0.39 is 0 Å². The van der Waals surface area contributed by atoms with Crippen LogP contribution >= 0.6 is 11.3 Å². The lowest BCUT2D eigenvalue weighted by Crippen LogP contribution is -2.14. The minimum absolute atomic E-state index is 0.0942. The molecule has 0 aliphatic heterocycles. The standard InChI is InChI=1S/C19H20N2O2S/c1-12-3-8-15-16(11-20)19(24-17(15)9-12)21-18(22)10-13-4-6-14(23-2)7-5-13/h4-7,12H,3,8-10H2,1-2H3,(H,21,22)/t12-/m0/s1. The van der Waals surface area contributed by atoms with Crippen molar-refractivity contribution in [2.45, 2.75) is 32.6 Å². The van der Waals surface area contributed by atoms with Crippen LogP contribution in [0.15, 0.2) is 24.3 Å². The van der Waals surface area contributed by atoms with Gasteiger partial charge in [0.1, 0.15) is 16.8 Å². The first-order chi connectivity index (χ1) is 11.6. The maximum atomic E-state index is 12.3. The van der Waals surface area contributed by atoms with Crippen LogP contribution in [0.25, 0.3) is 0 Å². The van der Waals surface area contributed by atoms with Crippen LogP contribution in [-0.2, 0) is 24.1 Å². The van der Waals surface area contributed by atoms with Crippen molar-refractivity contribution in [1.29, 1.82) is 5.26 Å². The van der Waals surface area contributed by atoms with Gasteiger partial charge < -0.3 is 10.1 Å². The molecule has 0 unspecified atom stereocenters. The van der Waals surface area contributed by atoms with Gasteiger partial charge in [0, 0.05) is 4.88 Å². The number of nitrogens with zero attached hydrogens (tertiary/aromatic N) is 1. The normalized spacial score (nSPS) is 16.1. The van der Waals surface area contributed by atoms with E-state index in [0.29, 0.717) is 16.5 Å². The number of rotatable bonds is 4. The summed E-state index contributed by atoms with van der Waals surface area (Å²) in [6.07, 6.45) is 3.33. The minimum atomic E-state index is -0.0942. The topological polar surface area (TPSA) is 62.1 Å². The fourth-order valence-electron chi connectivity index (χ4n) is 3.06. The number of nitriles is 1. The van der Waals surface area contributed by atoms with Crippen molar-refractivity contribution < 1.29 is 9.53 Å². The molecule has 1 aromatic carbocycles. The summed E-state index contributed by atoms with van der Waals surface area (Å²) < 4.78 is 5.12. The zero-order chi connectivity index (χ0) is 17.1. The Hall–Kier alpha value is -2.32. The molecule has 1 N–H and O–H groups in total. The molecule has 1 aliphatic carbocycles. The molecule has 5 heteroatoms. The number of nitrogens with one attached hydrogen (secondary N) is 1. The van der Waals surface area contributed by atoms with Crippen LogP contribution in [0, 0.1) is 17.2 Å². The molecule has 1 atom stereocenters. The Morgan fingerprint density at radius 1 is 1.42 bits per heavy atom. The second-order valence-corrected chi connectivity index (χ2v) is 7.35. The van der Waals surface area contributed by atoms with E-state index in [1.807, 2.05) is 24.3 Å². The Bertz CT molecular complexity index is 787. The predicted molar refractivity (Wildman–Crippen MR) is 95.6 cm³/mol. The van der Waals surface area contributed by atoms with E-state index in [0.717, 1.165) is 36.1 Å². The smallest absolute Gasteiger partial charge is 0.229 e. The summed E-state index contributed by atoms with van der Waals surface area (Å²) in [4.78, 5) is 13.6. The molecule has 0 spiro atoms. The molecule has 24 heavy (non-hydrogen) atoms. The quantitative estimate of drug-likeness (QED) is 0.917. The molecule has 3 rings (SSSR count). The van der Waals surface area contributed by atoms with Crippen LogP contribution in [0.5, 0.6) is 5.75 Å². The Labute approximate surface area is 146 Å². The molecule has 0 saturated carbocycles. The number of fused-ring (bicyclic) bond motifs is 1. The summed E-state index contributed by atoms with van der Waals surface area (Å²) in [5, 5.41) is 13.1. The summed E-state index contributed by atoms with van der Waals surface area (Å²) in [5.74, 6) is 1.32. The Morgan fingerprint density at radius 2 is 2.17 bits per heavy atom. The van der Waals surface area contributed by atoms with Gasteiger partial charge in [0.15, 0.2) is 0 Å². The molecule has 0 fully saturated rings. The van der Waals surface area contributed by atoms with E-state index in [4.69, 9.17) is 4.74 Å². The first kappa shape index (κ1) is 16.5. The molecule has 1 aliphatic rings. The third kappa shape index (κ3) is 3.44. The number of ether oxygens (including phenoxy) is 1. The summed E-state index contributed by atoms with van der Waals surface area (Å²) in [5.41, 5.74) is 2.71. The fourth-order valence-corrected chi connectivity index (χ4v) is 4.43. The number of methoxy groups -OCH3 is 1. The summed E-state index contributed by atoms with van der Waals surface area (Å²) in [6, 6.07) is 9.73. The number of carbonyl (C=O) groups is 1. The van der Waals surface area contributed by atoms with Crippen molar-refractivity contribution in [2.24, 2.45) is 5.92 Å². The number of thiophene rings is 1. The molecule has 0 saturated heterocycles. The second kappa shape index (κ2) is 7.06. The van der Waals surface area contributed by atoms with Crippen molar-refractivity contribution in [3.63, 3.8) is 0 Å². The van der Waals surface area contributed by atoms with Gasteiger partial charge in [-0.2, -0.15) is 5.26 Å². The number of anilines is 1. The average molecular weight is 340 g/mol. The lowest BCUT2D eigenvalue weighted by Gasteiger charge is -2.17. The fraction of sp³-hybridized carbons (Fsp3) is 0.368. The summed E-state index contributed by atoms with van der Waals surface area (Å²) in [7, 11) is 1.62. The molecule has 1 heterocycles. The van der Waals surface area contributed by atoms with Crippen LogP contribution in [-0.4, -0.2) is 13.0 Å². The molecule has 1 aromatic heterocycles. The number of carbonyl (C=O) groups excluding carboxylic acids is 1. The average Bonchev–Trinajstić information content (AvgIpc) is 2.91. The third-order valence-electron chi connectivity index (χ3n) is 4.40. The lowest BCUT2D eigenvalue weighted by molar-refractivity contribution is -0.115. The van der Waals surface area contributed by atoms with E-state index in [-0.39, 0.29) is 12.3 Å². The van der Waals surface area contributed by atoms with Crippen molar-refractivity contribution >= 4 is 22.2 Å². The van der Waals surface area contributed by atoms with Gasteiger partial charge in [0.25, 0.3) is 0 Å². The Balaban J connectivity index is 1.73. The Kier molecular flexibility index (Phi) is 4.86.